The van der Waals surface area contributed by atoms with Gasteiger partial charge in [0.2, 0.25) is 5.88 Å². The van der Waals surface area contributed by atoms with Gasteiger partial charge in [-0.2, -0.15) is 0 Å². The van der Waals surface area contributed by atoms with Crippen LogP contribution in [0.3, 0.4) is 0 Å². The lowest BCUT2D eigenvalue weighted by molar-refractivity contribution is 0.354. The second kappa shape index (κ2) is 8.24. The highest BCUT2D eigenvalue weighted by molar-refractivity contribution is 5.42. The lowest BCUT2D eigenvalue weighted by Gasteiger charge is -2.10. The van der Waals surface area contributed by atoms with Crippen molar-refractivity contribution in [3.8, 4) is 17.4 Å². The molecular formula is C17H22N2O3. The van der Waals surface area contributed by atoms with E-state index in [0.717, 1.165) is 30.2 Å². The fourth-order valence-corrected chi connectivity index (χ4v) is 2.16. The molecule has 0 fully saturated rings. The molecule has 0 radical (unpaired) electrons. The third-order valence-corrected chi connectivity index (χ3v) is 3.33. The average Bonchev–Trinajstić information content (AvgIpc) is 2.58. The maximum absolute atomic E-state index is 5.31. The van der Waals surface area contributed by atoms with Gasteiger partial charge in [0, 0.05) is 12.6 Å². The van der Waals surface area contributed by atoms with Crippen LogP contribution in [-0.4, -0.2) is 32.9 Å². The van der Waals surface area contributed by atoms with Crippen LogP contribution in [0.2, 0.25) is 0 Å². The molecule has 2 aromatic rings. The zero-order chi connectivity index (χ0) is 15.8. The number of nitrogens with zero attached hydrogens (tertiary/aromatic N) is 1. The van der Waals surface area contributed by atoms with Crippen LogP contribution >= 0.6 is 0 Å². The summed E-state index contributed by atoms with van der Waals surface area (Å²) in [5.41, 5.74) is 2.16. The minimum atomic E-state index is 0.638. The summed E-state index contributed by atoms with van der Waals surface area (Å²) in [4.78, 5) is 4.36. The van der Waals surface area contributed by atoms with Gasteiger partial charge in [0.05, 0.1) is 27.0 Å². The lowest BCUT2D eigenvalue weighted by atomic mass is 10.1. The van der Waals surface area contributed by atoms with Crippen LogP contribution in [0.1, 0.15) is 11.3 Å². The maximum atomic E-state index is 5.31. The normalized spacial score (nSPS) is 10.3. The molecule has 0 saturated heterocycles. The summed E-state index contributed by atoms with van der Waals surface area (Å²) in [7, 11) is 4.91. The van der Waals surface area contributed by atoms with Gasteiger partial charge in [0.1, 0.15) is 0 Å². The Hall–Kier alpha value is -2.27. The van der Waals surface area contributed by atoms with E-state index in [-0.39, 0.29) is 0 Å². The van der Waals surface area contributed by atoms with E-state index in [1.54, 1.807) is 21.3 Å². The van der Waals surface area contributed by atoms with Gasteiger partial charge in [-0.05, 0) is 36.7 Å². The van der Waals surface area contributed by atoms with Crippen molar-refractivity contribution in [3.63, 3.8) is 0 Å². The van der Waals surface area contributed by atoms with E-state index in [4.69, 9.17) is 14.2 Å². The highest BCUT2D eigenvalue weighted by atomic mass is 16.5. The van der Waals surface area contributed by atoms with E-state index in [0.29, 0.717) is 12.4 Å². The predicted molar refractivity (Wildman–Crippen MR) is 85.7 cm³/mol. The number of methoxy groups -OCH3 is 3. The van der Waals surface area contributed by atoms with Crippen molar-refractivity contribution < 1.29 is 14.2 Å². The van der Waals surface area contributed by atoms with Crippen LogP contribution in [-0.2, 0) is 13.0 Å². The Kier molecular flexibility index (Phi) is 6.03. The average molecular weight is 302 g/mol. The van der Waals surface area contributed by atoms with Crippen molar-refractivity contribution in [2.24, 2.45) is 0 Å². The van der Waals surface area contributed by atoms with Gasteiger partial charge in [0.25, 0.3) is 0 Å². The molecule has 22 heavy (non-hydrogen) atoms. The van der Waals surface area contributed by atoms with Gasteiger partial charge in [-0.1, -0.05) is 12.1 Å². The molecule has 5 nitrogen and oxygen atoms in total. The Balaban J connectivity index is 1.83. The molecule has 118 valence electrons. The molecule has 0 amide bonds. The zero-order valence-electron chi connectivity index (χ0n) is 13.3. The first-order valence-corrected chi connectivity index (χ1v) is 7.18. The molecule has 0 spiro atoms. The van der Waals surface area contributed by atoms with Crippen LogP contribution in [0.4, 0.5) is 0 Å². The molecule has 5 heteroatoms. The monoisotopic (exact) mass is 302 g/mol. The molecule has 1 N–H and O–H groups in total. The summed E-state index contributed by atoms with van der Waals surface area (Å²) in [5, 5.41) is 3.38. The SMILES string of the molecule is COc1cccc(CNCCc2ccc(OC)c(OC)c2)n1. The molecule has 1 aromatic heterocycles. The van der Waals surface area contributed by atoms with Gasteiger partial charge in [-0.3, -0.25) is 0 Å². The van der Waals surface area contributed by atoms with Crippen molar-refractivity contribution in [1.82, 2.24) is 10.3 Å². The standard InChI is InChI=1S/C17H22N2O3/c1-20-15-8-7-13(11-16(15)21-2)9-10-18-12-14-5-4-6-17(19-14)22-3/h4-8,11,18H,9-10,12H2,1-3H3. The third-order valence-electron chi connectivity index (χ3n) is 3.33. The highest BCUT2D eigenvalue weighted by Crippen LogP contribution is 2.27. The second-order valence-corrected chi connectivity index (χ2v) is 4.79. The Morgan fingerprint density at radius 2 is 1.77 bits per heavy atom. The van der Waals surface area contributed by atoms with Gasteiger partial charge in [-0.25, -0.2) is 4.98 Å². The smallest absolute Gasteiger partial charge is 0.213 e. The van der Waals surface area contributed by atoms with E-state index in [1.165, 1.54) is 5.56 Å². The number of hydrogen-bond acceptors (Lipinski definition) is 5. The minimum absolute atomic E-state index is 0.638. The molecule has 0 aliphatic heterocycles. The first-order chi connectivity index (χ1) is 10.8. The molecule has 0 aliphatic rings. The molecule has 1 aromatic carbocycles. The number of benzene rings is 1. The van der Waals surface area contributed by atoms with Gasteiger partial charge < -0.3 is 19.5 Å². The third kappa shape index (κ3) is 4.36. The van der Waals surface area contributed by atoms with Crippen LogP contribution in [0.5, 0.6) is 17.4 Å². The fraction of sp³-hybridized carbons (Fsp3) is 0.353. The topological polar surface area (TPSA) is 52.6 Å². The first-order valence-electron chi connectivity index (χ1n) is 7.18. The van der Waals surface area contributed by atoms with Crippen molar-refractivity contribution in [3.05, 3.63) is 47.7 Å². The molecule has 0 aliphatic carbocycles. The summed E-state index contributed by atoms with van der Waals surface area (Å²) < 4.78 is 15.7. The van der Waals surface area contributed by atoms with Crippen LogP contribution in [0.15, 0.2) is 36.4 Å². The maximum Gasteiger partial charge on any atom is 0.213 e. The molecule has 0 atom stereocenters. The summed E-state index contributed by atoms with van der Waals surface area (Å²) in [6.07, 6.45) is 0.907. The summed E-state index contributed by atoms with van der Waals surface area (Å²) in [5.74, 6) is 2.15. The number of aromatic nitrogens is 1. The largest absolute Gasteiger partial charge is 0.493 e. The predicted octanol–water partition coefficient (Wildman–Crippen LogP) is 2.44. The number of ether oxygens (including phenoxy) is 3. The van der Waals surface area contributed by atoms with Crippen molar-refractivity contribution in [2.75, 3.05) is 27.9 Å². The van der Waals surface area contributed by atoms with Crippen molar-refractivity contribution in [1.29, 1.82) is 0 Å². The number of pyridine rings is 1. The van der Waals surface area contributed by atoms with Crippen molar-refractivity contribution >= 4 is 0 Å². The van der Waals surface area contributed by atoms with Gasteiger partial charge in [-0.15, -0.1) is 0 Å². The Bertz CT molecular complexity index is 602. The Morgan fingerprint density at radius 1 is 0.955 bits per heavy atom. The van der Waals surface area contributed by atoms with E-state index < -0.39 is 0 Å². The molecular weight excluding hydrogens is 280 g/mol. The molecule has 0 bridgehead atoms. The minimum Gasteiger partial charge on any atom is -0.493 e. The van der Waals surface area contributed by atoms with E-state index >= 15 is 0 Å². The van der Waals surface area contributed by atoms with Crippen LogP contribution in [0, 0.1) is 0 Å². The summed E-state index contributed by atoms with van der Waals surface area (Å²) >= 11 is 0. The van der Waals surface area contributed by atoms with Crippen molar-refractivity contribution in [2.45, 2.75) is 13.0 Å². The first kappa shape index (κ1) is 16.1. The van der Waals surface area contributed by atoms with Crippen LogP contribution in [0.25, 0.3) is 0 Å². The molecule has 0 saturated carbocycles. The highest BCUT2D eigenvalue weighted by Gasteiger charge is 2.04. The molecule has 2 rings (SSSR count). The van der Waals surface area contributed by atoms with Gasteiger partial charge in [0.15, 0.2) is 11.5 Å². The summed E-state index contributed by atoms with van der Waals surface area (Å²) in [6, 6.07) is 11.7. The summed E-state index contributed by atoms with van der Waals surface area (Å²) in [6.45, 7) is 1.57. The number of nitrogens with one attached hydrogen (secondary N) is 1. The van der Waals surface area contributed by atoms with E-state index in [2.05, 4.69) is 10.3 Å². The fourth-order valence-electron chi connectivity index (χ4n) is 2.16. The second-order valence-electron chi connectivity index (χ2n) is 4.79. The Morgan fingerprint density at radius 3 is 2.50 bits per heavy atom. The quantitative estimate of drug-likeness (QED) is 0.759. The van der Waals surface area contributed by atoms with Gasteiger partial charge >= 0.3 is 0 Å². The lowest BCUT2D eigenvalue weighted by Crippen LogP contribution is -2.17. The Labute approximate surface area is 131 Å². The van der Waals surface area contributed by atoms with Crippen LogP contribution < -0.4 is 19.5 Å². The number of rotatable bonds is 8. The molecule has 1 heterocycles. The zero-order valence-corrected chi connectivity index (χ0v) is 13.3. The van der Waals surface area contributed by atoms with E-state index in [9.17, 15) is 0 Å². The molecule has 0 unspecified atom stereocenters. The van der Waals surface area contributed by atoms with E-state index in [1.807, 2.05) is 36.4 Å². The number of hydrogen-bond donors (Lipinski definition) is 1.